The molecule has 0 amide bonds. The van der Waals surface area contributed by atoms with Gasteiger partial charge in [-0.3, -0.25) is 0 Å². The van der Waals surface area contributed by atoms with Crippen molar-refractivity contribution >= 4 is 8.32 Å². The van der Waals surface area contributed by atoms with E-state index in [2.05, 4.69) is 25.7 Å². The molecule has 0 N–H and O–H groups in total. The Morgan fingerprint density at radius 1 is 1.06 bits per heavy atom. The van der Waals surface area contributed by atoms with Crippen LogP contribution in [-0.2, 0) is 9.16 Å². The van der Waals surface area contributed by atoms with E-state index in [4.69, 9.17) is 9.16 Å². The first-order valence-electron chi connectivity index (χ1n) is 6.54. The largest absolute Gasteiger partial charge is 0.496 e. The van der Waals surface area contributed by atoms with Gasteiger partial charge < -0.3 is 9.16 Å². The van der Waals surface area contributed by atoms with Crippen LogP contribution in [-0.4, -0.2) is 21.5 Å². The van der Waals surface area contributed by atoms with Gasteiger partial charge in [0.25, 0.3) is 0 Å². The zero-order valence-corrected chi connectivity index (χ0v) is 12.1. The van der Waals surface area contributed by atoms with Crippen LogP contribution < -0.4 is 0 Å². The van der Waals surface area contributed by atoms with E-state index in [0.717, 1.165) is 19.6 Å². The summed E-state index contributed by atoms with van der Waals surface area (Å²) in [5, 5.41) is 0. The van der Waals surface area contributed by atoms with Crippen LogP contribution in [0.5, 0.6) is 0 Å². The second-order valence-corrected chi connectivity index (χ2v) is 9.95. The molecule has 94 valence electrons. The normalized spacial score (nSPS) is 21.8. The van der Waals surface area contributed by atoms with E-state index in [1.165, 1.54) is 37.9 Å². The number of ether oxygens (including phenoxy) is 1. The van der Waals surface area contributed by atoms with Crippen LogP contribution in [0, 0.1) is 0 Å². The van der Waals surface area contributed by atoms with Crippen LogP contribution in [0.1, 0.15) is 38.5 Å². The first-order valence-corrected chi connectivity index (χ1v) is 9.94. The molecule has 0 bridgehead atoms. The van der Waals surface area contributed by atoms with Gasteiger partial charge in [-0.2, -0.15) is 0 Å². The Kier molecular flexibility index (Phi) is 6.13. The molecule has 16 heavy (non-hydrogen) atoms. The second-order valence-electron chi connectivity index (χ2n) is 5.43. The molecule has 0 atom stereocenters. The molecule has 0 unspecified atom stereocenters. The molecular weight excluding hydrogens is 216 g/mol. The van der Waals surface area contributed by atoms with E-state index in [1.54, 1.807) is 0 Å². The van der Waals surface area contributed by atoms with Crippen LogP contribution in [0.15, 0.2) is 11.8 Å². The van der Waals surface area contributed by atoms with Gasteiger partial charge in [-0.25, -0.2) is 0 Å². The molecule has 3 heteroatoms. The van der Waals surface area contributed by atoms with E-state index in [9.17, 15) is 0 Å². The molecule has 1 aliphatic carbocycles. The third-order valence-corrected chi connectivity index (χ3v) is 3.73. The minimum Gasteiger partial charge on any atom is -0.496 e. The van der Waals surface area contributed by atoms with Crippen molar-refractivity contribution in [1.29, 1.82) is 0 Å². The standard InChI is InChI=1S/C13H26O2Si/c1-16(2,3)15-12-11-14-13-9-7-5-4-6-8-10-13/h9H,4-8,10-12H2,1-3H3/b13-9+. The first-order chi connectivity index (χ1) is 7.58. The van der Waals surface area contributed by atoms with E-state index in [1.807, 2.05) is 0 Å². The van der Waals surface area contributed by atoms with Gasteiger partial charge in [0.2, 0.25) is 0 Å². The van der Waals surface area contributed by atoms with Gasteiger partial charge in [-0.1, -0.05) is 12.8 Å². The molecule has 0 aromatic heterocycles. The number of allylic oxidation sites excluding steroid dienone is 2. The molecule has 0 aromatic rings. The van der Waals surface area contributed by atoms with Gasteiger partial charge >= 0.3 is 0 Å². The Morgan fingerprint density at radius 2 is 1.81 bits per heavy atom. The highest BCUT2D eigenvalue weighted by atomic mass is 28.4. The fourth-order valence-electron chi connectivity index (χ4n) is 1.81. The molecule has 0 heterocycles. The summed E-state index contributed by atoms with van der Waals surface area (Å²) in [5.74, 6) is 1.19. The molecule has 2 nitrogen and oxygen atoms in total. The molecule has 0 saturated carbocycles. The summed E-state index contributed by atoms with van der Waals surface area (Å²) in [6, 6.07) is 0. The van der Waals surface area contributed by atoms with Crippen molar-refractivity contribution in [3.63, 3.8) is 0 Å². The predicted octanol–water partition coefficient (Wildman–Crippen LogP) is 4.09. The molecule has 0 spiro atoms. The van der Waals surface area contributed by atoms with Crippen LogP contribution >= 0.6 is 0 Å². The first kappa shape index (κ1) is 13.8. The summed E-state index contributed by atoms with van der Waals surface area (Å²) in [7, 11) is -1.36. The topological polar surface area (TPSA) is 18.5 Å². The molecule has 1 rings (SSSR count). The minimum atomic E-state index is -1.36. The summed E-state index contributed by atoms with van der Waals surface area (Å²) in [4.78, 5) is 0. The number of hydrogen-bond acceptors (Lipinski definition) is 2. The van der Waals surface area contributed by atoms with Gasteiger partial charge in [0.1, 0.15) is 6.61 Å². The lowest BCUT2D eigenvalue weighted by atomic mass is 10.1. The van der Waals surface area contributed by atoms with Crippen molar-refractivity contribution in [2.45, 2.75) is 58.2 Å². The summed E-state index contributed by atoms with van der Waals surface area (Å²) < 4.78 is 11.5. The lowest BCUT2D eigenvalue weighted by molar-refractivity contribution is 0.144. The lowest BCUT2D eigenvalue weighted by Gasteiger charge is -2.18. The van der Waals surface area contributed by atoms with Gasteiger partial charge in [-0.05, 0) is 45.0 Å². The van der Waals surface area contributed by atoms with Gasteiger partial charge in [0.05, 0.1) is 12.4 Å². The Morgan fingerprint density at radius 3 is 2.56 bits per heavy atom. The monoisotopic (exact) mass is 242 g/mol. The van der Waals surface area contributed by atoms with E-state index >= 15 is 0 Å². The molecular formula is C13H26O2Si. The highest BCUT2D eigenvalue weighted by Crippen LogP contribution is 2.17. The Hall–Kier alpha value is -0.283. The zero-order chi connectivity index (χ0) is 11.9. The highest BCUT2D eigenvalue weighted by Gasteiger charge is 2.13. The van der Waals surface area contributed by atoms with Crippen molar-refractivity contribution in [2.24, 2.45) is 0 Å². The van der Waals surface area contributed by atoms with Gasteiger partial charge in [0.15, 0.2) is 8.32 Å². The molecule has 1 aliphatic rings. The molecule has 0 fully saturated rings. The van der Waals surface area contributed by atoms with Crippen molar-refractivity contribution in [2.75, 3.05) is 13.2 Å². The average molecular weight is 242 g/mol. The summed E-state index contributed by atoms with van der Waals surface area (Å²) in [6.07, 6.45) is 9.90. The maximum atomic E-state index is 5.77. The summed E-state index contributed by atoms with van der Waals surface area (Å²) in [6.45, 7) is 8.09. The third-order valence-electron chi connectivity index (χ3n) is 2.66. The fourth-order valence-corrected chi connectivity index (χ4v) is 2.51. The van der Waals surface area contributed by atoms with Crippen molar-refractivity contribution in [3.8, 4) is 0 Å². The lowest BCUT2D eigenvalue weighted by Crippen LogP contribution is -2.27. The third kappa shape index (κ3) is 7.07. The Bertz CT molecular complexity index is 218. The molecule has 0 aliphatic heterocycles. The average Bonchev–Trinajstić information content (AvgIpc) is 2.13. The van der Waals surface area contributed by atoms with Crippen molar-refractivity contribution in [1.82, 2.24) is 0 Å². The summed E-state index contributed by atoms with van der Waals surface area (Å²) in [5.41, 5.74) is 0. The van der Waals surface area contributed by atoms with E-state index < -0.39 is 8.32 Å². The minimum absolute atomic E-state index is 0.718. The van der Waals surface area contributed by atoms with Crippen molar-refractivity contribution < 1.29 is 9.16 Å². The predicted molar refractivity (Wildman–Crippen MR) is 71.0 cm³/mol. The quantitative estimate of drug-likeness (QED) is 0.534. The van der Waals surface area contributed by atoms with Gasteiger partial charge in [-0.15, -0.1) is 0 Å². The Balaban J connectivity index is 2.15. The molecule has 0 radical (unpaired) electrons. The molecule has 0 aromatic carbocycles. The van der Waals surface area contributed by atoms with Crippen LogP contribution in [0.4, 0.5) is 0 Å². The number of hydrogen-bond donors (Lipinski definition) is 0. The maximum Gasteiger partial charge on any atom is 0.183 e. The Labute approximate surface area is 101 Å². The van der Waals surface area contributed by atoms with Crippen molar-refractivity contribution in [3.05, 3.63) is 11.8 Å². The number of rotatable bonds is 5. The maximum absolute atomic E-state index is 5.77. The van der Waals surface area contributed by atoms with Gasteiger partial charge in [0, 0.05) is 6.42 Å². The van der Waals surface area contributed by atoms with E-state index in [-0.39, 0.29) is 0 Å². The zero-order valence-electron chi connectivity index (χ0n) is 11.1. The van der Waals surface area contributed by atoms with Crippen LogP contribution in [0.2, 0.25) is 19.6 Å². The summed E-state index contributed by atoms with van der Waals surface area (Å²) >= 11 is 0. The fraction of sp³-hybridized carbons (Fsp3) is 0.846. The molecule has 0 saturated heterocycles. The highest BCUT2D eigenvalue weighted by molar-refractivity contribution is 6.69. The van der Waals surface area contributed by atoms with E-state index in [0.29, 0.717) is 0 Å². The van der Waals surface area contributed by atoms with Crippen LogP contribution in [0.3, 0.4) is 0 Å². The van der Waals surface area contributed by atoms with Crippen LogP contribution in [0.25, 0.3) is 0 Å². The SMILES string of the molecule is C[Si](C)(C)OCCO/C1=C/CCCCCC1. The second kappa shape index (κ2) is 7.12. The smallest absolute Gasteiger partial charge is 0.183 e.